The monoisotopic (exact) mass is 540 g/mol. The summed E-state index contributed by atoms with van der Waals surface area (Å²) in [5.74, 6) is 1.03. The van der Waals surface area contributed by atoms with Crippen molar-refractivity contribution in [3.05, 3.63) is 112 Å². The highest BCUT2D eigenvalue weighted by atomic mass is 79.9. The van der Waals surface area contributed by atoms with Gasteiger partial charge in [0, 0.05) is 51.7 Å². The minimum Gasteiger partial charge on any atom is -0.456 e. The maximum atomic E-state index is 13.2. The lowest BCUT2D eigenvalue weighted by Crippen LogP contribution is -2.33. The molecule has 2 heterocycles. The van der Waals surface area contributed by atoms with Gasteiger partial charge < -0.3 is 19.7 Å². The molecule has 2 aliphatic heterocycles. The minimum atomic E-state index is -1.09. The molecular formula is C30H25BrN2O3. The van der Waals surface area contributed by atoms with Gasteiger partial charge in [-0.15, -0.1) is 0 Å². The maximum absolute atomic E-state index is 13.2. The van der Waals surface area contributed by atoms with Crippen LogP contribution in [-0.4, -0.2) is 19.1 Å². The number of hydrogen-bond donors (Lipinski definition) is 1. The molecule has 1 N–H and O–H groups in total. The zero-order valence-electron chi connectivity index (χ0n) is 20.0. The molecule has 6 rings (SSSR count). The molecule has 0 aliphatic carbocycles. The van der Waals surface area contributed by atoms with Gasteiger partial charge in [0.25, 0.3) is 0 Å². The topological polar surface area (TPSA) is 50.8 Å². The summed E-state index contributed by atoms with van der Waals surface area (Å²) in [4.78, 5) is 15.4. The molecule has 0 aromatic heterocycles. The van der Waals surface area contributed by atoms with Crippen molar-refractivity contribution < 1.29 is 14.3 Å². The minimum absolute atomic E-state index is 0.332. The molecule has 0 bridgehead atoms. The van der Waals surface area contributed by atoms with E-state index in [1.54, 1.807) is 0 Å². The fourth-order valence-corrected chi connectivity index (χ4v) is 5.63. The first-order valence-corrected chi connectivity index (χ1v) is 12.9. The van der Waals surface area contributed by atoms with Gasteiger partial charge in [0.15, 0.2) is 5.60 Å². The van der Waals surface area contributed by atoms with E-state index < -0.39 is 5.60 Å². The van der Waals surface area contributed by atoms with E-state index >= 15 is 0 Å². The molecule has 1 spiro atoms. The van der Waals surface area contributed by atoms with Gasteiger partial charge in [-0.3, -0.25) is 0 Å². The van der Waals surface area contributed by atoms with Crippen LogP contribution in [0.25, 0.3) is 0 Å². The van der Waals surface area contributed by atoms with E-state index in [9.17, 15) is 4.79 Å². The second kappa shape index (κ2) is 8.71. The molecular weight excluding hydrogens is 516 g/mol. The van der Waals surface area contributed by atoms with Crippen molar-refractivity contribution in [2.75, 3.05) is 23.3 Å². The molecule has 4 aromatic carbocycles. The molecule has 36 heavy (non-hydrogen) atoms. The van der Waals surface area contributed by atoms with Crippen molar-refractivity contribution >= 4 is 39.0 Å². The molecule has 6 heteroatoms. The van der Waals surface area contributed by atoms with Crippen LogP contribution >= 0.6 is 15.9 Å². The molecule has 5 nitrogen and oxygen atoms in total. The van der Waals surface area contributed by atoms with Crippen LogP contribution in [0.4, 0.5) is 17.1 Å². The van der Waals surface area contributed by atoms with E-state index in [-0.39, 0.29) is 5.97 Å². The van der Waals surface area contributed by atoms with E-state index in [2.05, 4.69) is 52.1 Å². The first kappa shape index (κ1) is 22.7. The normalized spacial score (nSPS) is 17.0. The molecule has 2 aliphatic rings. The van der Waals surface area contributed by atoms with E-state index in [1.165, 1.54) is 0 Å². The number of benzene rings is 4. The quantitative estimate of drug-likeness (QED) is 0.264. The van der Waals surface area contributed by atoms with Crippen LogP contribution in [0.2, 0.25) is 0 Å². The van der Waals surface area contributed by atoms with E-state index in [4.69, 9.17) is 9.47 Å². The Balaban J connectivity index is 1.55. The van der Waals surface area contributed by atoms with Gasteiger partial charge in [0.1, 0.15) is 11.5 Å². The maximum Gasteiger partial charge on any atom is 0.340 e. The second-order valence-corrected chi connectivity index (χ2v) is 9.74. The number of nitrogens with zero attached hydrogens (tertiary/aromatic N) is 1. The molecule has 0 fully saturated rings. The molecule has 180 valence electrons. The summed E-state index contributed by atoms with van der Waals surface area (Å²) in [5, 5.41) is 3.48. The first-order valence-electron chi connectivity index (χ1n) is 12.1. The SMILES string of the molecule is CCN(CC)c1ccc2c(c1)Oc1ccc(Nc3ccccc3Br)cc1C21OC(=O)c2ccccc21. The number of para-hydroxylation sites is 1. The van der Waals surface area contributed by atoms with Crippen molar-refractivity contribution in [2.24, 2.45) is 0 Å². The van der Waals surface area contributed by atoms with Crippen LogP contribution in [0, 0.1) is 0 Å². The van der Waals surface area contributed by atoms with Crippen molar-refractivity contribution in [2.45, 2.75) is 19.4 Å². The summed E-state index contributed by atoms with van der Waals surface area (Å²) in [5.41, 5.74) is 4.81. The Morgan fingerprint density at radius 2 is 1.61 bits per heavy atom. The Bertz CT molecular complexity index is 1500. The highest BCUT2D eigenvalue weighted by Gasteiger charge is 2.53. The lowest BCUT2D eigenvalue weighted by molar-refractivity contribution is 0.0224. The molecule has 0 saturated heterocycles. The summed E-state index contributed by atoms with van der Waals surface area (Å²) in [7, 11) is 0. The number of rotatable bonds is 5. The average molecular weight is 541 g/mol. The summed E-state index contributed by atoms with van der Waals surface area (Å²) in [6.07, 6.45) is 0. The number of fused-ring (bicyclic) bond motifs is 6. The Morgan fingerprint density at radius 1 is 0.833 bits per heavy atom. The fraction of sp³-hybridized carbons (Fsp3) is 0.167. The zero-order chi connectivity index (χ0) is 24.9. The summed E-state index contributed by atoms with van der Waals surface area (Å²) in [6.45, 7) is 6.04. The lowest BCUT2D eigenvalue weighted by Gasteiger charge is -2.37. The Kier molecular flexibility index (Phi) is 5.49. The van der Waals surface area contributed by atoms with E-state index in [0.29, 0.717) is 17.1 Å². The van der Waals surface area contributed by atoms with E-state index in [1.807, 2.05) is 72.8 Å². The van der Waals surface area contributed by atoms with Crippen LogP contribution in [0.1, 0.15) is 40.9 Å². The van der Waals surface area contributed by atoms with Gasteiger partial charge in [-0.05, 0) is 78.3 Å². The third kappa shape index (κ3) is 3.39. The fourth-order valence-electron chi connectivity index (χ4n) is 5.24. The predicted molar refractivity (Wildman–Crippen MR) is 146 cm³/mol. The summed E-state index contributed by atoms with van der Waals surface area (Å²) < 4.78 is 13.8. The van der Waals surface area contributed by atoms with Gasteiger partial charge >= 0.3 is 5.97 Å². The van der Waals surface area contributed by atoms with Gasteiger partial charge in [-0.2, -0.15) is 0 Å². The molecule has 1 unspecified atom stereocenters. The average Bonchev–Trinajstić information content (AvgIpc) is 3.19. The first-order chi connectivity index (χ1) is 17.5. The summed E-state index contributed by atoms with van der Waals surface area (Å²) >= 11 is 3.61. The van der Waals surface area contributed by atoms with Gasteiger partial charge in [0.05, 0.1) is 11.3 Å². The van der Waals surface area contributed by atoms with Crippen molar-refractivity contribution in [3.8, 4) is 11.5 Å². The predicted octanol–water partition coefficient (Wildman–Crippen LogP) is 7.61. The van der Waals surface area contributed by atoms with Crippen LogP contribution in [0.5, 0.6) is 11.5 Å². The molecule has 0 radical (unpaired) electrons. The van der Waals surface area contributed by atoms with E-state index in [0.717, 1.165) is 51.3 Å². The molecule has 1 atom stereocenters. The van der Waals surface area contributed by atoms with Crippen LogP contribution in [-0.2, 0) is 10.3 Å². The number of halogens is 1. The number of esters is 1. The van der Waals surface area contributed by atoms with Crippen molar-refractivity contribution in [3.63, 3.8) is 0 Å². The molecule has 0 saturated carbocycles. The Labute approximate surface area is 218 Å². The van der Waals surface area contributed by atoms with Gasteiger partial charge in [-0.25, -0.2) is 4.79 Å². The van der Waals surface area contributed by atoms with Crippen LogP contribution in [0.3, 0.4) is 0 Å². The van der Waals surface area contributed by atoms with Crippen molar-refractivity contribution in [1.82, 2.24) is 0 Å². The van der Waals surface area contributed by atoms with Crippen molar-refractivity contribution in [1.29, 1.82) is 0 Å². The number of carbonyl (C=O) groups is 1. The molecule has 0 amide bonds. The number of anilines is 3. The standard InChI is InChI=1S/C30H25BrN2O3/c1-3-33(4-2)20-14-15-23-28(18-20)35-27-16-13-19(32-26-12-8-7-11-25(26)31)17-24(27)30(23)22-10-6-5-9-21(22)29(34)36-30/h5-18,32H,3-4H2,1-2H3. The van der Waals surface area contributed by atoms with Gasteiger partial charge in [0.2, 0.25) is 0 Å². The van der Waals surface area contributed by atoms with Crippen LogP contribution < -0.4 is 15.0 Å². The molecule has 4 aromatic rings. The van der Waals surface area contributed by atoms with Crippen LogP contribution in [0.15, 0.2) is 89.4 Å². The Hall–Kier alpha value is -3.77. The van der Waals surface area contributed by atoms with Gasteiger partial charge in [-0.1, -0.05) is 30.3 Å². The number of hydrogen-bond acceptors (Lipinski definition) is 5. The second-order valence-electron chi connectivity index (χ2n) is 8.89. The third-order valence-corrected chi connectivity index (χ3v) is 7.67. The number of carbonyl (C=O) groups excluding carboxylic acids is 1. The number of ether oxygens (including phenoxy) is 2. The Morgan fingerprint density at radius 3 is 2.42 bits per heavy atom. The highest BCUT2D eigenvalue weighted by Crippen LogP contribution is 2.57. The number of nitrogens with one attached hydrogen (secondary N) is 1. The smallest absolute Gasteiger partial charge is 0.340 e. The summed E-state index contributed by atoms with van der Waals surface area (Å²) in [6, 6.07) is 27.7. The zero-order valence-corrected chi connectivity index (χ0v) is 21.6. The third-order valence-electron chi connectivity index (χ3n) is 6.98. The lowest BCUT2D eigenvalue weighted by atomic mass is 9.77. The largest absolute Gasteiger partial charge is 0.456 e. The highest BCUT2D eigenvalue weighted by molar-refractivity contribution is 9.10.